The molecule has 0 radical (unpaired) electrons. The number of hydrogen-bond donors (Lipinski definition) is 1. The molecule has 1 saturated heterocycles. The molecule has 2 nitrogen and oxygen atoms in total. The smallest absolute Gasteiger partial charge is 0.0249 e. The minimum Gasteiger partial charge on any atom is -0.308 e. The Morgan fingerprint density at radius 1 is 0.938 bits per heavy atom. The van der Waals surface area contributed by atoms with Crippen LogP contribution in [0.5, 0.6) is 0 Å². The van der Waals surface area contributed by atoms with Crippen molar-refractivity contribution in [3.63, 3.8) is 0 Å². The summed E-state index contributed by atoms with van der Waals surface area (Å²) in [5.41, 5.74) is 0.264. The van der Waals surface area contributed by atoms with E-state index >= 15 is 0 Å². The van der Waals surface area contributed by atoms with Gasteiger partial charge in [0.2, 0.25) is 0 Å². The van der Waals surface area contributed by atoms with Gasteiger partial charge < -0.3 is 5.32 Å². The lowest BCUT2D eigenvalue weighted by Crippen LogP contribution is -2.55. The van der Waals surface area contributed by atoms with Crippen molar-refractivity contribution in [3.8, 4) is 0 Å². The molecule has 0 aromatic carbocycles. The van der Waals surface area contributed by atoms with E-state index in [0.29, 0.717) is 0 Å². The molecule has 2 atom stereocenters. The molecular weight excluding hydrogens is 196 g/mol. The average molecular weight is 224 g/mol. The van der Waals surface area contributed by atoms with Gasteiger partial charge in [-0.3, -0.25) is 4.90 Å². The van der Waals surface area contributed by atoms with Crippen LogP contribution < -0.4 is 5.32 Å². The van der Waals surface area contributed by atoms with Crippen LogP contribution in [0.25, 0.3) is 0 Å². The minimum atomic E-state index is 0.264. The molecular formula is C14H28N2. The number of nitrogens with zero attached hydrogens (tertiary/aromatic N) is 1. The third kappa shape index (κ3) is 3.21. The first-order valence-electron chi connectivity index (χ1n) is 7.08. The third-order valence-corrected chi connectivity index (χ3v) is 3.96. The quantitative estimate of drug-likeness (QED) is 0.776. The highest BCUT2D eigenvalue weighted by atomic mass is 15.2. The highest BCUT2D eigenvalue weighted by molar-refractivity contribution is 4.92. The summed E-state index contributed by atoms with van der Waals surface area (Å²) in [5, 5.41) is 3.84. The fraction of sp³-hybridized carbons (Fsp3) is 1.00. The molecule has 1 aliphatic carbocycles. The van der Waals surface area contributed by atoms with E-state index in [4.69, 9.17) is 0 Å². The Labute approximate surface area is 101 Å². The summed E-state index contributed by atoms with van der Waals surface area (Å²) in [6.45, 7) is 9.56. The molecule has 2 rings (SSSR count). The lowest BCUT2D eigenvalue weighted by molar-refractivity contribution is 0.131. The lowest BCUT2D eigenvalue weighted by Gasteiger charge is -2.41. The zero-order chi connectivity index (χ0) is 11.6. The number of nitrogens with one attached hydrogen (secondary N) is 1. The summed E-state index contributed by atoms with van der Waals surface area (Å²) in [5.74, 6) is 0. The van der Waals surface area contributed by atoms with Gasteiger partial charge >= 0.3 is 0 Å². The van der Waals surface area contributed by atoms with Gasteiger partial charge in [0.05, 0.1) is 0 Å². The normalized spacial score (nSPS) is 33.2. The van der Waals surface area contributed by atoms with Crippen LogP contribution in [0.1, 0.15) is 59.3 Å². The highest BCUT2D eigenvalue weighted by Crippen LogP contribution is 2.27. The van der Waals surface area contributed by atoms with Gasteiger partial charge in [0.25, 0.3) is 0 Å². The second-order valence-electron chi connectivity index (χ2n) is 6.60. The molecule has 0 unspecified atom stereocenters. The van der Waals surface area contributed by atoms with Crippen LogP contribution >= 0.6 is 0 Å². The van der Waals surface area contributed by atoms with Crippen molar-refractivity contribution in [2.24, 2.45) is 0 Å². The molecule has 0 aromatic rings. The van der Waals surface area contributed by atoms with Gasteiger partial charge in [-0.25, -0.2) is 0 Å². The van der Waals surface area contributed by atoms with Crippen LogP contribution in [0, 0.1) is 0 Å². The maximum atomic E-state index is 3.84. The van der Waals surface area contributed by atoms with Crippen molar-refractivity contribution in [1.82, 2.24) is 10.2 Å². The fourth-order valence-electron chi connectivity index (χ4n) is 3.35. The van der Waals surface area contributed by atoms with Gasteiger partial charge in [-0.1, -0.05) is 12.8 Å². The molecule has 0 bridgehead atoms. The second-order valence-corrected chi connectivity index (χ2v) is 6.60. The van der Waals surface area contributed by atoms with E-state index in [1.54, 1.807) is 0 Å². The van der Waals surface area contributed by atoms with Gasteiger partial charge in [0.15, 0.2) is 0 Å². The molecule has 2 aliphatic rings. The van der Waals surface area contributed by atoms with Crippen molar-refractivity contribution in [2.45, 2.75) is 76.9 Å². The van der Waals surface area contributed by atoms with E-state index < -0.39 is 0 Å². The first-order valence-corrected chi connectivity index (χ1v) is 7.08. The van der Waals surface area contributed by atoms with E-state index in [2.05, 4.69) is 31.0 Å². The van der Waals surface area contributed by atoms with Crippen LogP contribution in [0.3, 0.4) is 0 Å². The van der Waals surface area contributed by atoms with Crippen molar-refractivity contribution in [2.75, 3.05) is 13.1 Å². The minimum absolute atomic E-state index is 0.264. The molecule has 0 spiro atoms. The van der Waals surface area contributed by atoms with Crippen LogP contribution in [0.15, 0.2) is 0 Å². The Balaban J connectivity index is 1.96. The second kappa shape index (κ2) is 5.05. The zero-order valence-electron chi connectivity index (χ0n) is 11.3. The molecule has 0 amide bonds. The van der Waals surface area contributed by atoms with Crippen molar-refractivity contribution in [3.05, 3.63) is 0 Å². The fourth-order valence-corrected chi connectivity index (χ4v) is 3.35. The summed E-state index contributed by atoms with van der Waals surface area (Å²) in [4.78, 5) is 2.74. The van der Waals surface area contributed by atoms with Gasteiger partial charge in [-0.2, -0.15) is 0 Å². The van der Waals surface area contributed by atoms with Crippen LogP contribution in [0.2, 0.25) is 0 Å². The van der Waals surface area contributed by atoms with E-state index in [1.165, 1.54) is 51.6 Å². The van der Waals surface area contributed by atoms with Gasteiger partial charge in [0.1, 0.15) is 0 Å². The SMILES string of the molecule is CC(C)(C)N[C@H]1CCCC[C@@H]1N1CCCC1. The summed E-state index contributed by atoms with van der Waals surface area (Å²) in [7, 11) is 0. The predicted molar refractivity (Wildman–Crippen MR) is 69.7 cm³/mol. The average Bonchev–Trinajstić information content (AvgIpc) is 2.69. The number of likely N-dealkylation sites (tertiary alicyclic amines) is 1. The maximum absolute atomic E-state index is 3.84. The molecule has 1 saturated carbocycles. The summed E-state index contributed by atoms with van der Waals surface area (Å²) >= 11 is 0. The Hall–Kier alpha value is -0.0800. The summed E-state index contributed by atoms with van der Waals surface area (Å²) < 4.78 is 0. The maximum Gasteiger partial charge on any atom is 0.0249 e. The van der Waals surface area contributed by atoms with Gasteiger partial charge in [-0.15, -0.1) is 0 Å². The van der Waals surface area contributed by atoms with Crippen molar-refractivity contribution >= 4 is 0 Å². The molecule has 2 heteroatoms. The Morgan fingerprint density at radius 3 is 2.19 bits per heavy atom. The van der Waals surface area contributed by atoms with Crippen LogP contribution in [-0.2, 0) is 0 Å². The molecule has 1 aliphatic heterocycles. The first kappa shape index (κ1) is 12.4. The van der Waals surface area contributed by atoms with Gasteiger partial charge in [-0.05, 0) is 59.5 Å². The largest absolute Gasteiger partial charge is 0.308 e. The molecule has 0 aromatic heterocycles. The van der Waals surface area contributed by atoms with E-state index in [9.17, 15) is 0 Å². The van der Waals surface area contributed by atoms with Crippen molar-refractivity contribution < 1.29 is 0 Å². The van der Waals surface area contributed by atoms with Crippen LogP contribution in [-0.4, -0.2) is 35.6 Å². The molecule has 2 fully saturated rings. The summed E-state index contributed by atoms with van der Waals surface area (Å²) in [6.07, 6.45) is 8.46. The zero-order valence-corrected chi connectivity index (χ0v) is 11.3. The standard InChI is InChI=1S/C14H28N2/c1-14(2,3)15-12-8-4-5-9-13(12)16-10-6-7-11-16/h12-13,15H,4-11H2,1-3H3/t12-,13-/m0/s1. The van der Waals surface area contributed by atoms with E-state index in [-0.39, 0.29) is 5.54 Å². The lowest BCUT2D eigenvalue weighted by atomic mass is 9.87. The molecule has 1 N–H and O–H groups in total. The van der Waals surface area contributed by atoms with E-state index in [1.807, 2.05) is 0 Å². The molecule has 16 heavy (non-hydrogen) atoms. The highest BCUT2D eigenvalue weighted by Gasteiger charge is 2.33. The third-order valence-electron chi connectivity index (χ3n) is 3.96. The predicted octanol–water partition coefficient (Wildman–Crippen LogP) is 2.78. The van der Waals surface area contributed by atoms with Crippen molar-refractivity contribution in [1.29, 1.82) is 0 Å². The Bertz CT molecular complexity index is 213. The van der Waals surface area contributed by atoms with Gasteiger partial charge in [0, 0.05) is 17.6 Å². The van der Waals surface area contributed by atoms with E-state index in [0.717, 1.165) is 12.1 Å². The molecule has 94 valence electrons. The van der Waals surface area contributed by atoms with Crippen LogP contribution in [0.4, 0.5) is 0 Å². The number of rotatable bonds is 2. The molecule has 1 heterocycles. The first-order chi connectivity index (χ1) is 7.56. The number of hydrogen-bond acceptors (Lipinski definition) is 2. The Kier molecular flexibility index (Phi) is 3.91. The summed E-state index contributed by atoms with van der Waals surface area (Å²) in [6, 6.07) is 1.54. The Morgan fingerprint density at radius 2 is 1.56 bits per heavy atom. The monoisotopic (exact) mass is 224 g/mol. The topological polar surface area (TPSA) is 15.3 Å².